The smallest absolute Gasteiger partial charge is 0.222 e. The molecule has 2 aromatic rings. The number of rotatable bonds is 7. The molecule has 0 radical (unpaired) electrons. The van der Waals surface area contributed by atoms with Gasteiger partial charge in [-0.15, -0.1) is 24.0 Å². The Morgan fingerprint density at radius 3 is 2.91 bits per heavy atom. The van der Waals surface area contributed by atoms with Gasteiger partial charge in [0.25, 0.3) is 0 Å². The average molecular weight is 575 g/mol. The van der Waals surface area contributed by atoms with E-state index in [1.54, 1.807) is 0 Å². The molecule has 7 heteroatoms. The maximum atomic E-state index is 12.1. The molecule has 0 bridgehead atoms. The molecule has 6 nitrogen and oxygen atoms in total. The van der Waals surface area contributed by atoms with Gasteiger partial charge in [-0.05, 0) is 55.0 Å². The number of anilines is 1. The number of amides is 1. The zero-order valence-corrected chi connectivity index (χ0v) is 22.3. The second-order valence-electron chi connectivity index (χ2n) is 9.17. The van der Waals surface area contributed by atoms with Crippen molar-refractivity contribution in [2.24, 2.45) is 4.99 Å². The molecule has 1 amide bonds. The zero-order chi connectivity index (χ0) is 22.6. The summed E-state index contributed by atoms with van der Waals surface area (Å²) in [6, 6.07) is 15.2. The number of para-hydroxylation sites is 1. The summed E-state index contributed by atoms with van der Waals surface area (Å²) in [5, 5.41) is 3.51. The van der Waals surface area contributed by atoms with Crippen molar-refractivity contribution in [1.29, 1.82) is 0 Å². The van der Waals surface area contributed by atoms with Gasteiger partial charge in [0, 0.05) is 57.2 Å². The van der Waals surface area contributed by atoms with E-state index in [2.05, 4.69) is 59.6 Å². The Morgan fingerprint density at radius 1 is 1.21 bits per heavy atom. The van der Waals surface area contributed by atoms with Gasteiger partial charge in [-0.3, -0.25) is 9.79 Å². The highest BCUT2D eigenvalue weighted by molar-refractivity contribution is 14.0. The number of carbonyl (C=O) groups is 1. The quantitative estimate of drug-likeness (QED) is 0.304. The number of nitrogens with one attached hydrogen (secondary N) is 1. The van der Waals surface area contributed by atoms with Crippen molar-refractivity contribution in [2.75, 3.05) is 44.2 Å². The van der Waals surface area contributed by atoms with Crippen molar-refractivity contribution in [3.05, 3.63) is 59.2 Å². The Labute approximate surface area is 219 Å². The highest BCUT2D eigenvalue weighted by Gasteiger charge is 2.32. The number of hydrogen-bond acceptors (Lipinski definition) is 3. The molecule has 0 saturated carbocycles. The maximum absolute atomic E-state index is 12.1. The average Bonchev–Trinajstić information content (AvgIpc) is 3.55. The molecule has 0 spiro atoms. The summed E-state index contributed by atoms with van der Waals surface area (Å²) < 4.78 is 5.63. The number of hydrogen-bond donors (Lipinski definition) is 1. The number of ether oxygens (including phenoxy) is 1. The van der Waals surface area contributed by atoms with Crippen molar-refractivity contribution < 1.29 is 9.53 Å². The molecule has 3 aliphatic heterocycles. The summed E-state index contributed by atoms with van der Waals surface area (Å²) in [5.74, 6) is 2.71. The molecule has 3 heterocycles. The van der Waals surface area contributed by atoms with E-state index in [0.717, 1.165) is 76.7 Å². The van der Waals surface area contributed by atoms with Gasteiger partial charge in [0.1, 0.15) is 5.75 Å². The Balaban J connectivity index is 0.00000274. The van der Waals surface area contributed by atoms with Crippen LogP contribution in [0.3, 0.4) is 0 Å². The Morgan fingerprint density at radius 2 is 2.09 bits per heavy atom. The van der Waals surface area contributed by atoms with Gasteiger partial charge < -0.3 is 19.9 Å². The van der Waals surface area contributed by atoms with Gasteiger partial charge in [0.15, 0.2) is 5.96 Å². The van der Waals surface area contributed by atoms with Crippen molar-refractivity contribution in [3.8, 4) is 5.75 Å². The van der Waals surface area contributed by atoms with E-state index < -0.39 is 0 Å². The second-order valence-corrected chi connectivity index (χ2v) is 9.17. The predicted molar refractivity (Wildman–Crippen MR) is 148 cm³/mol. The lowest BCUT2D eigenvalue weighted by Gasteiger charge is -2.23. The van der Waals surface area contributed by atoms with Crippen molar-refractivity contribution >= 4 is 41.5 Å². The van der Waals surface area contributed by atoms with Gasteiger partial charge in [-0.1, -0.05) is 30.3 Å². The number of halogens is 1. The number of guanidine groups is 1. The Hall–Kier alpha value is -2.29. The van der Waals surface area contributed by atoms with E-state index in [1.165, 1.54) is 22.4 Å². The lowest BCUT2D eigenvalue weighted by Crippen LogP contribution is -2.41. The molecule has 0 aliphatic carbocycles. The summed E-state index contributed by atoms with van der Waals surface area (Å²) in [7, 11) is 0. The first-order chi connectivity index (χ1) is 16.2. The van der Waals surface area contributed by atoms with Crippen LogP contribution < -0.4 is 15.0 Å². The zero-order valence-electron chi connectivity index (χ0n) is 20.0. The van der Waals surface area contributed by atoms with Gasteiger partial charge in [-0.25, -0.2) is 0 Å². The lowest BCUT2D eigenvalue weighted by molar-refractivity contribution is -0.127. The van der Waals surface area contributed by atoms with Crippen LogP contribution in [0, 0.1) is 0 Å². The van der Waals surface area contributed by atoms with Crippen LogP contribution in [-0.2, 0) is 17.6 Å². The minimum atomic E-state index is 0. The summed E-state index contributed by atoms with van der Waals surface area (Å²) >= 11 is 0. The van der Waals surface area contributed by atoms with Crippen molar-refractivity contribution in [1.82, 2.24) is 10.2 Å². The van der Waals surface area contributed by atoms with E-state index in [-0.39, 0.29) is 24.0 Å². The summed E-state index contributed by atoms with van der Waals surface area (Å²) in [6.45, 7) is 7.16. The van der Waals surface area contributed by atoms with E-state index in [9.17, 15) is 4.79 Å². The van der Waals surface area contributed by atoms with E-state index in [0.29, 0.717) is 18.2 Å². The highest BCUT2D eigenvalue weighted by Crippen LogP contribution is 2.38. The Kier molecular flexibility index (Phi) is 8.34. The third kappa shape index (κ3) is 5.34. The molecule has 1 N–H and O–H groups in total. The monoisotopic (exact) mass is 574 g/mol. The first kappa shape index (κ1) is 24.8. The number of likely N-dealkylation sites (tertiary alicyclic amines) is 1. The van der Waals surface area contributed by atoms with E-state index >= 15 is 0 Å². The first-order valence-corrected chi connectivity index (χ1v) is 12.4. The van der Waals surface area contributed by atoms with Crippen molar-refractivity contribution in [2.45, 2.75) is 44.9 Å². The fraction of sp³-hybridized carbons (Fsp3) is 0.481. The van der Waals surface area contributed by atoms with Crippen LogP contribution in [0.25, 0.3) is 0 Å². The van der Waals surface area contributed by atoms with Gasteiger partial charge >= 0.3 is 0 Å². The molecule has 0 aromatic heterocycles. The standard InChI is InChI=1S/C27H34N4O2.HI/c1-2-28-27(29-14-11-20-9-10-25-21(18-20)13-17-33-25)31-19-22(23-6-3-4-7-24(23)31)12-16-30-15-5-8-26(30)32;/h3-4,6-7,9-10,18,22H,2,5,8,11-17,19H2,1H3,(H,28,29);1H. The van der Waals surface area contributed by atoms with Crippen molar-refractivity contribution in [3.63, 3.8) is 0 Å². The molecule has 5 rings (SSSR count). The topological polar surface area (TPSA) is 57.2 Å². The molecule has 1 atom stereocenters. The number of aliphatic imine (C=N–C) groups is 1. The van der Waals surface area contributed by atoms with Gasteiger partial charge in [0.05, 0.1) is 6.61 Å². The molecule has 34 heavy (non-hydrogen) atoms. The minimum absolute atomic E-state index is 0. The summed E-state index contributed by atoms with van der Waals surface area (Å²) in [4.78, 5) is 21.4. The third-order valence-electron chi connectivity index (χ3n) is 7.00. The molecule has 1 fully saturated rings. The second kappa shape index (κ2) is 11.4. The van der Waals surface area contributed by atoms with Gasteiger partial charge in [0.2, 0.25) is 5.91 Å². The molecular formula is C27H35IN4O2. The fourth-order valence-corrected chi connectivity index (χ4v) is 5.28. The molecule has 182 valence electrons. The van der Waals surface area contributed by atoms with Crippen LogP contribution in [0.15, 0.2) is 47.5 Å². The number of carbonyl (C=O) groups excluding carboxylic acids is 1. The molecule has 2 aromatic carbocycles. The number of benzene rings is 2. The number of nitrogens with zero attached hydrogens (tertiary/aromatic N) is 3. The SMILES string of the molecule is CCNC(=NCCc1ccc2c(c1)CCO2)N1CC(CCN2CCCC2=O)c2ccccc21.I. The van der Waals surface area contributed by atoms with Crippen LogP contribution in [0.1, 0.15) is 48.8 Å². The van der Waals surface area contributed by atoms with E-state index in [4.69, 9.17) is 9.73 Å². The largest absolute Gasteiger partial charge is 0.493 e. The van der Waals surface area contributed by atoms with Crippen LogP contribution in [-0.4, -0.2) is 56.1 Å². The van der Waals surface area contributed by atoms with Crippen LogP contribution in [0.4, 0.5) is 5.69 Å². The van der Waals surface area contributed by atoms with Gasteiger partial charge in [-0.2, -0.15) is 0 Å². The maximum Gasteiger partial charge on any atom is 0.222 e. The molecule has 1 saturated heterocycles. The normalized spacial score (nSPS) is 19.0. The highest BCUT2D eigenvalue weighted by atomic mass is 127. The molecule has 3 aliphatic rings. The van der Waals surface area contributed by atoms with E-state index in [1.807, 2.05) is 4.90 Å². The summed E-state index contributed by atoms with van der Waals surface area (Å²) in [5.41, 5.74) is 5.24. The minimum Gasteiger partial charge on any atom is -0.493 e. The third-order valence-corrected chi connectivity index (χ3v) is 7.00. The predicted octanol–water partition coefficient (Wildman–Crippen LogP) is 4.36. The van der Waals surface area contributed by atoms with Crippen LogP contribution >= 0.6 is 24.0 Å². The van der Waals surface area contributed by atoms with Crippen LogP contribution in [0.2, 0.25) is 0 Å². The molecule has 1 unspecified atom stereocenters. The Bertz CT molecular complexity index is 1040. The lowest BCUT2D eigenvalue weighted by atomic mass is 9.98. The number of fused-ring (bicyclic) bond motifs is 2. The molecular weight excluding hydrogens is 539 g/mol. The van der Waals surface area contributed by atoms with Crippen LogP contribution in [0.5, 0.6) is 5.75 Å². The summed E-state index contributed by atoms with van der Waals surface area (Å²) in [6.07, 6.45) is 4.63. The fourth-order valence-electron chi connectivity index (χ4n) is 5.28. The first-order valence-electron chi connectivity index (χ1n) is 12.4.